The van der Waals surface area contributed by atoms with E-state index in [1.165, 1.54) is 3.57 Å². The number of halogens is 2. The maximum Gasteiger partial charge on any atom is 0.119 e. The summed E-state index contributed by atoms with van der Waals surface area (Å²) in [5.41, 5.74) is 8.53. The fourth-order valence-electron chi connectivity index (χ4n) is 1.96. The van der Waals surface area contributed by atoms with Crippen molar-refractivity contribution in [1.82, 2.24) is 0 Å². The van der Waals surface area contributed by atoms with Crippen LogP contribution in [0.25, 0.3) is 0 Å². The van der Waals surface area contributed by atoms with Gasteiger partial charge in [-0.25, -0.2) is 0 Å². The molecule has 0 aliphatic rings. The van der Waals surface area contributed by atoms with E-state index in [0.29, 0.717) is 0 Å². The Morgan fingerprint density at radius 2 is 1.75 bits per heavy atom. The Morgan fingerprint density at radius 3 is 2.35 bits per heavy atom. The second-order valence-corrected chi connectivity index (χ2v) is 6.98. The molecule has 2 nitrogen and oxygen atoms in total. The van der Waals surface area contributed by atoms with Crippen LogP contribution in [0.4, 0.5) is 0 Å². The summed E-state index contributed by atoms with van der Waals surface area (Å²) in [6, 6.07) is 14.0. The predicted octanol–water partition coefficient (Wildman–Crippen LogP) is 4.89. The number of ether oxygens (including phenoxy) is 1. The minimum absolute atomic E-state index is 0.146. The molecule has 1 unspecified atom stereocenters. The van der Waals surface area contributed by atoms with Crippen molar-refractivity contribution in [2.75, 3.05) is 0 Å². The summed E-state index contributed by atoms with van der Waals surface area (Å²) in [7, 11) is 0. The molecular formula is C16H17BrINO. The van der Waals surface area contributed by atoms with Crippen LogP contribution in [0.1, 0.15) is 31.0 Å². The first-order valence-corrected chi connectivity index (χ1v) is 8.31. The van der Waals surface area contributed by atoms with Crippen molar-refractivity contribution in [2.45, 2.75) is 26.0 Å². The molecule has 0 amide bonds. The lowest BCUT2D eigenvalue weighted by atomic mass is 10.00. The largest absolute Gasteiger partial charge is 0.491 e. The zero-order chi connectivity index (χ0) is 14.7. The van der Waals surface area contributed by atoms with Gasteiger partial charge in [-0.3, -0.25) is 0 Å². The maximum atomic E-state index is 6.36. The Balaban J connectivity index is 2.24. The Hall–Kier alpha value is -0.590. The van der Waals surface area contributed by atoms with Crippen LogP contribution in [-0.4, -0.2) is 6.10 Å². The van der Waals surface area contributed by atoms with Gasteiger partial charge in [-0.05, 0) is 77.9 Å². The third-order valence-corrected chi connectivity index (χ3v) is 4.30. The Bertz CT molecular complexity index is 584. The normalized spacial score (nSPS) is 12.5. The van der Waals surface area contributed by atoms with E-state index in [2.05, 4.69) is 50.7 Å². The Morgan fingerprint density at radius 1 is 1.10 bits per heavy atom. The second-order valence-electron chi connectivity index (χ2n) is 4.88. The minimum atomic E-state index is -0.146. The van der Waals surface area contributed by atoms with Crippen LogP contribution in [0.2, 0.25) is 0 Å². The molecule has 1 atom stereocenters. The first kappa shape index (κ1) is 15.8. The van der Waals surface area contributed by atoms with E-state index in [0.717, 1.165) is 21.3 Å². The topological polar surface area (TPSA) is 35.2 Å². The van der Waals surface area contributed by atoms with Gasteiger partial charge in [0.1, 0.15) is 5.75 Å². The molecule has 0 bridgehead atoms. The van der Waals surface area contributed by atoms with Crippen LogP contribution in [-0.2, 0) is 0 Å². The molecule has 0 radical (unpaired) electrons. The number of benzene rings is 2. The average molecular weight is 446 g/mol. The van der Waals surface area contributed by atoms with Gasteiger partial charge >= 0.3 is 0 Å². The van der Waals surface area contributed by atoms with Crippen LogP contribution in [0.5, 0.6) is 5.75 Å². The first-order chi connectivity index (χ1) is 9.47. The van der Waals surface area contributed by atoms with E-state index in [4.69, 9.17) is 10.5 Å². The quantitative estimate of drug-likeness (QED) is 0.680. The van der Waals surface area contributed by atoms with Crippen LogP contribution in [0.15, 0.2) is 46.9 Å². The number of hydrogen-bond acceptors (Lipinski definition) is 2. The predicted molar refractivity (Wildman–Crippen MR) is 95.1 cm³/mol. The number of nitrogens with two attached hydrogens (primary N) is 1. The molecule has 0 heterocycles. The maximum absolute atomic E-state index is 6.36. The van der Waals surface area contributed by atoms with Gasteiger partial charge in [-0.2, -0.15) is 0 Å². The molecule has 2 aromatic carbocycles. The van der Waals surface area contributed by atoms with Crippen molar-refractivity contribution in [2.24, 2.45) is 5.73 Å². The minimum Gasteiger partial charge on any atom is -0.491 e. The van der Waals surface area contributed by atoms with E-state index in [1.807, 2.05) is 44.2 Å². The van der Waals surface area contributed by atoms with Gasteiger partial charge in [0.2, 0.25) is 0 Å². The molecule has 4 heteroatoms. The molecule has 0 aromatic heterocycles. The molecule has 0 aliphatic heterocycles. The zero-order valence-corrected chi connectivity index (χ0v) is 15.2. The lowest BCUT2D eigenvalue weighted by Crippen LogP contribution is -2.13. The molecule has 0 aliphatic carbocycles. The van der Waals surface area contributed by atoms with Gasteiger partial charge in [-0.1, -0.05) is 28.1 Å². The lowest BCUT2D eigenvalue weighted by molar-refractivity contribution is 0.242. The van der Waals surface area contributed by atoms with Gasteiger partial charge in [0.25, 0.3) is 0 Å². The van der Waals surface area contributed by atoms with Crippen molar-refractivity contribution in [1.29, 1.82) is 0 Å². The highest BCUT2D eigenvalue weighted by Crippen LogP contribution is 2.29. The summed E-state index contributed by atoms with van der Waals surface area (Å²) in [5.74, 6) is 0.873. The van der Waals surface area contributed by atoms with Crippen molar-refractivity contribution < 1.29 is 4.74 Å². The Labute approximate surface area is 142 Å². The van der Waals surface area contributed by atoms with Crippen molar-refractivity contribution in [3.05, 3.63) is 61.6 Å². The summed E-state index contributed by atoms with van der Waals surface area (Å²) in [5, 5.41) is 0. The molecule has 106 valence electrons. The van der Waals surface area contributed by atoms with Crippen LogP contribution < -0.4 is 10.5 Å². The summed E-state index contributed by atoms with van der Waals surface area (Å²) >= 11 is 5.86. The fourth-order valence-corrected chi connectivity index (χ4v) is 2.97. The van der Waals surface area contributed by atoms with E-state index in [-0.39, 0.29) is 12.1 Å². The number of rotatable bonds is 4. The summed E-state index contributed by atoms with van der Waals surface area (Å²) < 4.78 is 7.86. The van der Waals surface area contributed by atoms with Gasteiger partial charge in [0.15, 0.2) is 0 Å². The van der Waals surface area contributed by atoms with Crippen LogP contribution in [0, 0.1) is 3.57 Å². The van der Waals surface area contributed by atoms with Crippen molar-refractivity contribution in [3.63, 3.8) is 0 Å². The molecule has 0 saturated heterocycles. The molecule has 2 aromatic rings. The third-order valence-electron chi connectivity index (χ3n) is 2.90. The highest BCUT2D eigenvalue weighted by molar-refractivity contribution is 14.1. The molecular weight excluding hydrogens is 429 g/mol. The monoisotopic (exact) mass is 445 g/mol. The fraction of sp³-hybridized carbons (Fsp3) is 0.250. The molecule has 2 rings (SSSR count). The van der Waals surface area contributed by atoms with Crippen LogP contribution >= 0.6 is 38.5 Å². The van der Waals surface area contributed by atoms with E-state index >= 15 is 0 Å². The Kier molecular flexibility index (Phi) is 5.46. The van der Waals surface area contributed by atoms with Crippen molar-refractivity contribution in [3.8, 4) is 5.75 Å². The van der Waals surface area contributed by atoms with E-state index in [1.54, 1.807) is 0 Å². The average Bonchev–Trinajstić information content (AvgIpc) is 2.41. The van der Waals surface area contributed by atoms with Crippen LogP contribution in [0.3, 0.4) is 0 Å². The molecule has 0 spiro atoms. The summed E-state index contributed by atoms with van der Waals surface area (Å²) in [4.78, 5) is 0. The first-order valence-electron chi connectivity index (χ1n) is 6.44. The van der Waals surface area contributed by atoms with E-state index in [9.17, 15) is 0 Å². The highest BCUT2D eigenvalue weighted by atomic mass is 127. The zero-order valence-electron chi connectivity index (χ0n) is 11.4. The van der Waals surface area contributed by atoms with Gasteiger partial charge < -0.3 is 10.5 Å². The molecule has 0 fully saturated rings. The molecule has 20 heavy (non-hydrogen) atoms. The standard InChI is InChI=1S/C16H17BrINO/c1-10(2)20-13-6-3-11(4-7-13)16(19)14-9-12(18)5-8-15(14)17/h3-10,16H,19H2,1-2H3. The lowest BCUT2D eigenvalue weighted by Gasteiger charge is -2.16. The van der Waals surface area contributed by atoms with Gasteiger partial charge in [0, 0.05) is 8.04 Å². The second kappa shape index (κ2) is 6.91. The summed E-state index contributed by atoms with van der Waals surface area (Å²) in [6.07, 6.45) is 0.180. The van der Waals surface area contributed by atoms with E-state index < -0.39 is 0 Å². The highest BCUT2D eigenvalue weighted by Gasteiger charge is 2.13. The van der Waals surface area contributed by atoms with Gasteiger partial charge in [0.05, 0.1) is 12.1 Å². The smallest absolute Gasteiger partial charge is 0.119 e. The summed E-state index contributed by atoms with van der Waals surface area (Å²) in [6.45, 7) is 4.03. The van der Waals surface area contributed by atoms with Crippen molar-refractivity contribution >= 4 is 38.5 Å². The number of hydrogen-bond donors (Lipinski definition) is 1. The van der Waals surface area contributed by atoms with Gasteiger partial charge in [-0.15, -0.1) is 0 Å². The SMILES string of the molecule is CC(C)Oc1ccc(C(N)c2cc(I)ccc2Br)cc1. The third kappa shape index (κ3) is 3.96. The molecule has 0 saturated carbocycles. The molecule has 2 N–H and O–H groups in total.